The maximum absolute atomic E-state index is 10.8. The average molecular weight is 278 g/mol. The van der Waals surface area contributed by atoms with E-state index in [1.54, 1.807) is 6.20 Å². The predicted molar refractivity (Wildman–Crippen MR) is 73.2 cm³/mol. The minimum atomic E-state index is -1.06. The summed E-state index contributed by atoms with van der Waals surface area (Å²) in [5, 5.41) is 12.2. The zero-order chi connectivity index (χ0) is 14.0. The number of nitrogens with zero attached hydrogens (tertiary/aromatic N) is 2. The first kappa shape index (κ1) is 13.3. The molecule has 0 aliphatic heterocycles. The third-order valence-electron chi connectivity index (χ3n) is 2.68. The molecule has 0 saturated heterocycles. The third kappa shape index (κ3) is 2.82. The monoisotopic (exact) mass is 277 g/mol. The number of rotatable bonds is 3. The number of nitrogens with one attached hydrogen (secondary N) is 1. The van der Waals surface area contributed by atoms with Crippen molar-refractivity contribution in [2.75, 3.05) is 5.32 Å². The highest BCUT2D eigenvalue weighted by Gasteiger charge is 2.10. The van der Waals surface area contributed by atoms with Crippen molar-refractivity contribution in [3.8, 4) is 0 Å². The van der Waals surface area contributed by atoms with Crippen molar-refractivity contribution in [1.29, 1.82) is 0 Å². The van der Waals surface area contributed by atoms with E-state index in [-0.39, 0.29) is 10.6 Å². The van der Waals surface area contributed by atoms with Crippen molar-refractivity contribution in [2.45, 2.75) is 13.8 Å². The van der Waals surface area contributed by atoms with Gasteiger partial charge < -0.3 is 10.4 Å². The van der Waals surface area contributed by atoms with Gasteiger partial charge in [-0.15, -0.1) is 0 Å². The highest BCUT2D eigenvalue weighted by molar-refractivity contribution is 6.33. The SMILES string of the molecule is Cc1ccnc(C)c1Nc1ncc(C(=O)O)cc1Cl. The smallest absolute Gasteiger partial charge is 0.337 e. The molecule has 0 amide bonds. The maximum Gasteiger partial charge on any atom is 0.337 e. The standard InChI is InChI=1S/C13H12ClN3O2/c1-7-3-4-15-8(2)11(7)17-12-10(14)5-9(6-16-12)13(18)19/h3-6H,1-2H3,(H,16,17)(H,18,19). The van der Waals surface area contributed by atoms with E-state index in [9.17, 15) is 4.79 Å². The van der Waals surface area contributed by atoms with Gasteiger partial charge in [0.1, 0.15) is 5.82 Å². The number of aromatic nitrogens is 2. The van der Waals surface area contributed by atoms with Crippen molar-refractivity contribution in [2.24, 2.45) is 0 Å². The van der Waals surface area contributed by atoms with Crippen molar-refractivity contribution >= 4 is 29.1 Å². The minimum Gasteiger partial charge on any atom is -0.478 e. The molecule has 2 rings (SSSR count). The molecule has 0 fully saturated rings. The Morgan fingerprint density at radius 1 is 1.37 bits per heavy atom. The van der Waals surface area contributed by atoms with Gasteiger partial charge in [0.05, 0.1) is 22.0 Å². The zero-order valence-corrected chi connectivity index (χ0v) is 11.2. The lowest BCUT2D eigenvalue weighted by atomic mass is 10.2. The van der Waals surface area contributed by atoms with Gasteiger partial charge in [0, 0.05) is 12.4 Å². The molecule has 0 saturated carbocycles. The van der Waals surface area contributed by atoms with Gasteiger partial charge >= 0.3 is 5.97 Å². The summed E-state index contributed by atoms with van der Waals surface area (Å²) < 4.78 is 0. The van der Waals surface area contributed by atoms with Crippen molar-refractivity contribution < 1.29 is 9.90 Å². The number of hydrogen-bond acceptors (Lipinski definition) is 4. The molecule has 5 nitrogen and oxygen atoms in total. The summed E-state index contributed by atoms with van der Waals surface area (Å²) in [5.74, 6) is -0.652. The first-order chi connectivity index (χ1) is 8.99. The van der Waals surface area contributed by atoms with Gasteiger partial charge in [-0.1, -0.05) is 11.6 Å². The molecule has 0 spiro atoms. The molecule has 0 aliphatic rings. The fraction of sp³-hybridized carbons (Fsp3) is 0.154. The molecule has 0 bridgehead atoms. The van der Waals surface area contributed by atoms with Crippen LogP contribution in [0.15, 0.2) is 24.5 Å². The fourth-order valence-corrected chi connectivity index (χ4v) is 1.86. The number of anilines is 2. The van der Waals surface area contributed by atoms with E-state index < -0.39 is 5.97 Å². The van der Waals surface area contributed by atoms with Crippen LogP contribution < -0.4 is 5.32 Å². The van der Waals surface area contributed by atoms with Gasteiger partial charge in [0.25, 0.3) is 0 Å². The van der Waals surface area contributed by atoms with Crippen LogP contribution in [0, 0.1) is 13.8 Å². The van der Waals surface area contributed by atoms with Crippen molar-refractivity contribution in [1.82, 2.24) is 9.97 Å². The van der Waals surface area contributed by atoms with Crippen LogP contribution in [0.3, 0.4) is 0 Å². The fourth-order valence-electron chi connectivity index (χ4n) is 1.65. The van der Waals surface area contributed by atoms with Crippen molar-refractivity contribution in [3.63, 3.8) is 0 Å². The quantitative estimate of drug-likeness (QED) is 0.901. The summed E-state index contributed by atoms with van der Waals surface area (Å²) in [4.78, 5) is 19.0. The summed E-state index contributed by atoms with van der Waals surface area (Å²) in [6.45, 7) is 3.81. The summed E-state index contributed by atoms with van der Waals surface area (Å²) in [7, 11) is 0. The molecule has 0 atom stereocenters. The number of hydrogen-bond donors (Lipinski definition) is 2. The molecule has 0 radical (unpaired) electrons. The molecule has 2 N–H and O–H groups in total. The van der Waals surface area contributed by atoms with E-state index in [2.05, 4.69) is 15.3 Å². The third-order valence-corrected chi connectivity index (χ3v) is 2.97. The van der Waals surface area contributed by atoms with Crippen LogP contribution in [-0.4, -0.2) is 21.0 Å². The second-order valence-corrected chi connectivity index (χ2v) is 4.48. The van der Waals surface area contributed by atoms with Gasteiger partial charge in [-0.3, -0.25) is 4.98 Å². The van der Waals surface area contributed by atoms with E-state index in [0.29, 0.717) is 5.82 Å². The molecular weight excluding hydrogens is 266 g/mol. The van der Waals surface area contributed by atoms with Crippen LogP contribution >= 0.6 is 11.6 Å². The molecule has 0 aromatic carbocycles. The Kier molecular flexibility index (Phi) is 3.66. The number of carbonyl (C=O) groups is 1. The van der Waals surface area contributed by atoms with Crippen LogP contribution in [0.5, 0.6) is 0 Å². The van der Waals surface area contributed by atoms with Crippen LogP contribution in [0.25, 0.3) is 0 Å². The predicted octanol–water partition coefficient (Wildman–Crippen LogP) is 3.19. The van der Waals surface area contributed by atoms with Gasteiger partial charge in [-0.2, -0.15) is 0 Å². The highest BCUT2D eigenvalue weighted by Crippen LogP contribution is 2.27. The average Bonchev–Trinajstić information content (AvgIpc) is 2.35. The van der Waals surface area contributed by atoms with Gasteiger partial charge in [-0.05, 0) is 31.5 Å². The van der Waals surface area contributed by atoms with Crippen molar-refractivity contribution in [3.05, 3.63) is 46.4 Å². The molecule has 0 aliphatic carbocycles. The Balaban J connectivity index is 2.36. The van der Waals surface area contributed by atoms with Gasteiger partial charge in [-0.25, -0.2) is 9.78 Å². The lowest BCUT2D eigenvalue weighted by Gasteiger charge is -2.12. The molecule has 2 heterocycles. The molecule has 19 heavy (non-hydrogen) atoms. The number of halogens is 1. The van der Waals surface area contributed by atoms with E-state index in [1.165, 1.54) is 12.3 Å². The van der Waals surface area contributed by atoms with Crippen LogP contribution in [0.2, 0.25) is 5.02 Å². The first-order valence-corrected chi connectivity index (χ1v) is 5.95. The van der Waals surface area contributed by atoms with E-state index in [0.717, 1.165) is 16.9 Å². The Hall–Kier alpha value is -2.14. The van der Waals surface area contributed by atoms with E-state index >= 15 is 0 Å². The molecular formula is C13H12ClN3O2. The highest BCUT2D eigenvalue weighted by atomic mass is 35.5. The molecule has 6 heteroatoms. The summed E-state index contributed by atoms with van der Waals surface area (Å²) in [6, 6.07) is 3.23. The topological polar surface area (TPSA) is 75.1 Å². The Morgan fingerprint density at radius 3 is 2.68 bits per heavy atom. The largest absolute Gasteiger partial charge is 0.478 e. The summed E-state index contributed by atoms with van der Waals surface area (Å²) in [6.07, 6.45) is 2.98. The van der Waals surface area contributed by atoms with E-state index in [1.807, 2.05) is 19.9 Å². The summed E-state index contributed by atoms with van der Waals surface area (Å²) >= 11 is 6.02. The van der Waals surface area contributed by atoms with Gasteiger partial charge in [0.2, 0.25) is 0 Å². The number of carboxylic acid groups (broad SMARTS) is 1. The van der Waals surface area contributed by atoms with Crippen LogP contribution in [0.1, 0.15) is 21.6 Å². The lowest BCUT2D eigenvalue weighted by Crippen LogP contribution is -2.03. The molecule has 0 unspecified atom stereocenters. The maximum atomic E-state index is 10.8. The molecule has 2 aromatic heterocycles. The Labute approximate surface area is 115 Å². The molecule has 2 aromatic rings. The Bertz CT molecular complexity index is 624. The first-order valence-electron chi connectivity index (χ1n) is 5.57. The number of pyridine rings is 2. The number of aromatic carboxylic acids is 1. The second-order valence-electron chi connectivity index (χ2n) is 4.07. The van der Waals surface area contributed by atoms with Crippen LogP contribution in [0.4, 0.5) is 11.5 Å². The van der Waals surface area contributed by atoms with Crippen LogP contribution in [-0.2, 0) is 0 Å². The Morgan fingerprint density at radius 2 is 2.11 bits per heavy atom. The van der Waals surface area contributed by atoms with Gasteiger partial charge in [0.15, 0.2) is 0 Å². The normalized spacial score (nSPS) is 10.3. The lowest BCUT2D eigenvalue weighted by molar-refractivity contribution is 0.0696. The minimum absolute atomic E-state index is 0.0511. The second kappa shape index (κ2) is 5.24. The number of aryl methyl sites for hydroxylation is 2. The molecule has 98 valence electrons. The number of carboxylic acids is 1. The zero-order valence-electron chi connectivity index (χ0n) is 10.4. The van der Waals surface area contributed by atoms with E-state index in [4.69, 9.17) is 16.7 Å². The summed E-state index contributed by atoms with van der Waals surface area (Å²) in [5.41, 5.74) is 2.70.